The first-order valence-corrected chi connectivity index (χ1v) is 5.23. The number of methoxy groups -OCH3 is 1. The molecule has 15 heavy (non-hydrogen) atoms. The normalized spacial score (nSPS) is 12.7. The van der Waals surface area contributed by atoms with E-state index >= 15 is 0 Å². The number of carbonyl (C=O) groups excluding carboxylic acids is 1. The van der Waals surface area contributed by atoms with Crippen LogP contribution in [0.15, 0.2) is 0 Å². The Morgan fingerprint density at radius 2 is 1.73 bits per heavy atom. The molecule has 0 aliphatic rings. The summed E-state index contributed by atoms with van der Waals surface area (Å²) in [6.07, 6.45) is 0. The molecule has 1 amide bonds. The first-order chi connectivity index (χ1) is 6.66. The van der Waals surface area contributed by atoms with Gasteiger partial charge in [0, 0.05) is 19.2 Å². The Labute approximate surface area is 92.8 Å². The van der Waals surface area contributed by atoms with Crippen LogP contribution in [0.25, 0.3) is 0 Å². The Kier molecular flexibility index (Phi) is 5.24. The van der Waals surface area contributed by atoms with Crippen LogP contribution >= 0.6 is 0 Å². The molecular formula is C11H24N2O2. The molecule has 0 spiro atoms. The fourth-order valence-corrected chi connectivity index (χ4v) is 1.01. The fourth-order valence-electron chi connectivity index (χ4n) is 1.01. The monoisotopic (exact) mass is 216 g/mol. The van der Waals surface area contributed by atoms with Crippen molar-refractivity contribution < 1.29 is 9.53 Å². The number of ether oxygens (including phenoxy) is 1. The Morgan fingerprint density at radius 1 is 1.20 bits per heavy atom. The van der Waals surface area contributed by atoms with Gasteiger partial charge in [-0.15, -0.1) is 0 Å². The van der Waals surface area contributed by atoms with Crippen LogP contribution in [0.5, 0.6) is 0 Å². The van der Waals surface area contributed by atoms with Crippen LogP contribution in [0.4, 0.5) is 0 Å². The molecule has 0 aromatic heterocycles. The third kappa shape index (κ3) is 8.39. The van der Waals surface area contributed by atoms with Gasteiger partial charge in [-0.2, -0.15) is 0 Å². The first kappa shape index (κ1) is 14.4. The molecule has 0 heterocycles. The second kappa shape index (κ2) is 5.47. The van der Waals surface area contributed by atoms with Crippen molar-refractivity contribution >= 4 is 5.91 Å². The van der Waals surface area contributed by atoms with Gasteiger partial charge in [0.2, 0.25) is 5.91 Å². The van der Waals surface area contributed by atoms with Gasteiger partial charge in [0.1, 0.15) is 0 Å². The summed E-state index contributed by atoms with van der Waals surface area (Å²) in [6, 6.07) is 0. The van der Waals surface area contributed by atoms with Crippen LogP contribution in [-0.2, 0) is 9.53 Å². The zero-order valence-corrected chi connectivity index (χ0v) is 10.7. The van der Waals surface area contributed by atoms with Crippen LogP contribution in [0, 0.1) is 0 Å². The molecule has 4 heteroatoms. The predicted molar refractivity (Wildman–Crippen MR) is 61.9 cm³/mol. The lowest BCUT2D eigenvalue weighted by atomic mass is 10.1. The highest BCUT2D eigenvalue weighted by Gasteiger charge is 2.17. The number of hydrogen-bond donors (Lipinski definition) is 2. The minimum Gasteiger partial charge on any atom is -0.377 e. The molecular weight excluding hydrogens is 192 g/mol. The average Bonchev–Trinajstić information content (AvgIpc) is 2.00. The quantitative estimate of drug-likeness (QED) is 0.718. The smallest absolute Gasteiger partial charge is 0.234 e. The van der Waals surface area contributed by atoms with Gasteiger partial charge in [0.05, 0.1) is 12.1 Å². The number of nitrogens with one attached hydrogen (secondary N) is 2. The first-order valence-electron chi connectivity index (χ1n) is 5.23. The lowest BCUT2D eigenvalue weighted by molar-refractivity contribution is -0.121. The van der Waals surface area contributed by atoms with E-state index in [-0.39, 0.29) is 17.0 Å². The van der Waals surface area contributed by atoms with E-state index in [9.17, 15) is 4.79 Å². The van der Waals surface area contributed by atoms with Gasteiger partial charge in [-0.3, -0.25) is 4.79 Å². The van der Waals surface area contributed by atoms with Crippen molar-refractivity contribution in [1.29, 1.82) is 0 Å². The summed E-state index contributed by atoms with van der Waals surface area (Å²) in [6.45, 7) is 10.8. The molecule has 0 bridgehead atoms. The fraction of sp³-hybridized carbons (Fsp3) is 0.909. The highest BCUT2D eigenvalue weighted by molar-refractivity contribution is 5.78. The Balaban J connectivity index is 3.74. The maximum absolute atomic E-state index is 11.4. The minimum absolute atomic E-state index is 0.00871. The summed E-state index contributed by atoms with van der Waals surface area (Å²) >= 11 is 0. The molecule has 0 radical (unpaired) electrons. The van der Waals surface area contributed by atoms with Crippen molar-refractivity contribution in [2.75, 3.05) is 20.2 Å². The van der Waals surface area contributed by atoms with Gasteiger partial charge in [-0.05, 0) is 34.6 Å². The highest BCUT2D eigenvalue weighted by atomic mass is 16.5. The maximum Gasteiger partial charge on any atom is 0.234 e. The van der Waals surface area contributed by atoms with E-state index in [2.05, 4.69) is 10.6 Å². The van der Waals surface area contributed by atoms with Crippen molar-refractivity contribution in [3.63, 3.8) is 0 Å². The summed E-state index contributed by atoms with van der Waals surface area (Å²) in [5, 5.41) is 5.94. The number of carbonyl (C=O) groups is 1. The summed E-state index contributed by atoms with van der Waals surface area (Å²) in [4.78, 5) is 11.4. The van der Waals surface area contributed by atoms with Crippen LogP contribution in [0.1, 0.15) is 34.6 Å². The SMILES string of the molecule is COC(C)(C)CNCC(=O)NC(C)(C)C. The Bertz CT molecular complexity index is 207. The van der Waals surface area contributed by atoms with Gasteiger partial charge in [-0.1, -0.05) is 0 Å². The molecule has 0 aliphatic carbocycles. The molecule has 0 saturated carbocycles. The van der Waals surface area contributed by atoms with Crippen molar-refractivity contribution in [3.05, 3.63) is 0 Å². The summed E-state index contributed by atoms with van der Waals surface area (Å²) in [5.41, 5.74) is -0.405. The zero-order chi connectivity index (χ0) is 12.1. The lowest BCUT2D eigenvalue weighted by Gasteiger charge is -2.24. The van der Waals surface area contributed by atoms with E-state index in [1.807, 2.05) is 34.6 Å². The third-order valence-corrected chi connectivity index (χ3v) is 1.90. The summed E-state index contributed by atoms with van der Waals surface area (Å²) in [5.74, 6) is 0.00871. The van der Waals surface area contributed by atoms with E-state index in [1.165, 1.54) is 0 Å². The van der Waals surface area contributed by atoms with Gasteiger partial charge in [0.15, 0.2) is 0 Å². The topological polar surface area (TPSA) is 50.4 Å². The molecule has 0 fully saturated rings. The molecule has 0 atom stereocenters. The third-order valence-electron chi connectivity index (χ3n) is 1.90. The van der Waals surface area contributed by atoms with Crippen LogP contribution < -0.4 is 10.6 Å². The molecule has 0 aliphatic heterocycles. The lowest BCUT2D eigenvalue weighted by Crippen LogP contribution is -2.47. The van der Waals surface area contributed by atoms with Crippen molar-refractivity contribution in [2.45, 2.75) is 45.8 Å². The van der Waals surface area contributed by atoms with Crippen molar-refractivity contribution in [3.8, 4) is 0 Å². The maximum atomic E-state index is 11.4. The second-order valence-electron chi connectivity index (χ2n) is 5.37. The molecule has 0 unspecified atom stereocenters. The van der Waals surface area contributed by atoms with Gasteiger partial charge in [0.25, 0.3) is 0 Å². The number of hydrogen-bond acceptors (Lipinski definition) is 3. The minimum atomic E-state index is -0.234. The van der Waals surface area contributed by atoms with E-state index in [0.29, 0.717) is 13.1 Å². The van der Waals surface area contributed by atoms with E-state index in [4.69, 9.17) is 4.74 Å². The predicted octanol–water partition coefficient (Wildman–Crippen LogP) is 0.916. The molecule has 0 saturated heterocycles. The standard InChI is InChI=1S/C11H24N2O2/c1-10(2,3)13-9(14)7-12-8-11(4,5)15-6/h12H,7-8H2,1-6H3,(H,13,14). The Morgan fingerprint density at radius 3 is 2.13 bits per heavy atom. The number of rotatable bonds is 5. The van der Waals surface area contributed by atoms with E-state index in [1.54, 1.807) is 7.11 Å². The molecule has 0 rings (SSSR count). The highest BCUT2D eigenvalue weighted by Crippen LogP contribution is 2.04. The summed E-state index contributed by atoms with van der Waals surface area (Å²) in [7, 11) is 1.66. The molecule has 0 aromatic rings. The van der Waals surface area contributed by atoms with Crippen molar-refractivity contribution in [2.24, 2.45) is 0 Å². The average molecular weight is 216 g/mol. The molecule has 0 aromatic carbocycles. The van der Waals surface area contributed by atoms with Gasteiger partial charge < -0.3 is 15.4 Å². The summed E-state index contributed by atoms with van der Waals surface area (Å²) < 4.78 is 5.23. The van der Waals surface area contributed by atoms with Crippen LogP contribution in [0.3, 0.4) is 0 Å². The van der Waals surface area contributed by atoms with E-state index < -0.39 is 0 Å². The number of amides is 1. The van der Waals surface area contributed by atoms with Gasteiger partial charge >= 0.3 is 0 Å². The molecule has 2 N–H and O–H groups in total. The van der Waals surface area contributed by atoms with Crippen LogP contribution in [0.2, 0.25) is 0 Å². The second-order valence-corrected chi connectivity index (χ2v) is 5.37. The zero-order valence-electron chi connectivity index (χ0n) is 10.7. The van der Waals surface area contributed by atoms with Crippen LogP contribution in [-0.4, -0.2) is 37.2 Å². The van der Waals surface area contributed by atoms with Gasteiger partial charge in [-0.25, -0.2) is 0 Å². The Hall–Kier alpha value is -0.610. The molecule has 4 nitrogen and oxygen atoms in total. The van der Waals surface area contributed by atoms with E-state index in [0.717, 1.165) is 0 Å². The largest absolute Gasteiger partial charge is 0.377 e. The van der Waals surface area contributed by atoms with Crippen molar-refractivity contribution in [1.82, 2.24) is 10.6 Å². The molecule has 90 valence electrons.